The second kappa shape index (κ2) is 8.16. The maximum atomic E-state index is 12.9. The summed E-state index contributed by atoms with van der Waals surface area (Å²) in [7, 11) is 0. The average Bonchev–Trinajstić information content (AvgIpc) is 2.63. The van der Waals surface area contributed by atoms with Gasteiger partial charge in [0.25, 0.3) is 0 Å². The first-order valence-electron chi connectivity index (χ1n) is 8.61. The van der Waals surface area contributed by atoms with Crippen LogP contribution >= 0.6 is 0 Å². The van der Waals surface area contributed by atoms with Crippen LogP contribution in [-0.2, 0) is 6.18 Å². The summed E-state index contributed by atoms with van der Waals surface area (Å²) in [6, 6.07) is 13.9. The van der Waals surface area contributed by atoms with Gasteiger partial charge in [0.15, 0.2) is 0 Å². The zero-order valence-electron chi connectivity index (χ0n) is 15.3. The third-order valence-corrected chi connectivity index (χ3v) is 3.61. The Kier molecular flexibility index (Phi) is 5.67. The van der Waals surface area contributed by atoms with Crippen LogP contribution in [0.25, 0.3) is 0 Å². The minimum absolute atomic E-state index is 0.00206. The molecular formula is C20H19F3N4O. The molecule has 3 aromatic rings. The molecule has 1 heterocycles. The minimum atomic E-state index is -4.41. The van der Waals surface area contributed by atoms with E-state index in [1.54, 1.807) is 6.07 Å². The van der Waals surface area contributed by atoms with Gasteiger partial charge in [0.1, 0.15) is 11.6 Å². The van der Waals surface area contributed by atoms with E-state index in [9.17, 15) is 13.2 Å². The Morgan fingerprint density at radius 2 is 1.75 bits per heavy atom. The lowest BCUT2D eigenvalue weighted by atomic mass is 10.2. The molecular weight excluding hydrogens is 369 g/mol. The first kappa shape index (κ1) is 19.5. The molecule has 8 heteroatoms. The van der Waals surface area contributed by atoms with Crippen LogP contribution < -0.4 is 15.4 Å². The molecule has 28 heavy (non-hydrogen) atoms. The topological polar surface area (TPSA) is 59.1 Å². The molecule has 0 radical (unpaired) electrons. The van der Waals surface area contributed by atoms with Gasteiger partial charge in [0.05, 0.1) is 17.4 Å². The fraction of sp³-hybridized carbons (Fsp3) is 0.200. The van der Waals surface area contributed by atoms with Gasteiger partial charge in [-0.05, 0) is 50.2 Å². The Balaban J connectivity index is 1.79. The molecule has 2 aromatic carbocycles. The van der Waals surface area contributed by atoms with Crippen LogP contribution in [0, 0.1) is 0 Å². The Hall–Kier alpha value is -3.29. The Labute approximate surface area is 160 Å². The first-order valence-corrected chi connectivity index (χ1v) is 8.61. The van der Waals surface area contributed by atoms with E-state index >= 15 is 0 Å². The summed E-state index contributed by atoms with van der Waals surface area (Å²) in [6.45, 7) is 3.85. The van der Waals surface area contributed by atoms with Crippen LogP contribution in [0.15, 0.2) is 60.8 Å². The molecule has 0 atom stereocenters. The Morgan fingerprint density at radius 3 is 2.50 bits per heavy atom. The fourth-order valence-corrected chi connectivity index (χ4v) is 2.46. The molecule has 0 bridgehead atoms. The molecule has 5 nitrogen and oxygen atoms in total. The van der Waals surface area contributed by atoms with E-state index in [2.05, 4.69) is 20.6 Å². The third-order valence-electron chi connectivity index (χ3n) is 3.61. The molecule has 0 saturated carbocycles. The Bertz CT molecular complexity index is 944. The first-order chi connectivity index (χ1) is 13.3. The lowest BCUT2D eigenvalue weighted by Gasteiger charge is -2.15. The number of hydrogen-bond donors (Lipinski definition) is 2. The Morgan fingerprint density at radius 1 is 0.964 bits per heavy atom. The molecule has 0 spiro atoms. The van der Waals surface area contributed by atoms with Gasteiger partial charge < -0.3 is 15.4 Å². The summed E-state index contributed by atoms with van der Waals surface area (Å²) in [5.74, 6) is 1.30. The number of rotatable bonds is 6. The number of nitrogens with one attached hydrogen (secondary N) is 2. The molecule has 0 fully saturated rings. The van der Waals surface area contributed by atoms with Gasteiger partial charge >= 0.3 is 6.18 Å². The molecule has 1 aromatic heterocycles. The van der Waals surface area contributed by atoms with Crippen molar-refractivity contribution < 1.29 is 17.9 Å². The summed E-state index contributed by atoms with van der Waals surface area (Å²) in [6.07, 6.45) is -2.90. The number of para-hydroxylation sites is 2. The van der Waals surface area contributed by atoms with Crippen LogP contribution in [0.3, 0.4) is 0 Å². The number of halogens is 3. The lowest BCUT2D eigenvalue weighted by molar-refractivity contribution is -0.137. The molecule has 0 aliphatic heterocycles. The van der Waals surface area contributed by atoms with Crippen LogP contribution in [0.2, 0.25) is 0 Å². The second-order valence-electron chi connectivity index (χ2n) is 6.26. The van der Waals surface area contributed by atoms with Crippen molar-refractivity contribution in [3.05, 3.63) is 66.4 Å². The lowest BCUT2D eigenvalue weighted by Crippen LogP contribution is -2.08. The fourth-order valence-electron chi connectivity index (χ4n) is 2.46. The van der Waals surface area contributed by atoms with Crippen molar-refractivity contribution >= 4 is 23.1 Å². The zero-order valence-corrected chi connectivity index (χ0v) is 15.3. The zero-order chi connectivity index (χ0) is 20.1. The van der Waals surface area contributed by atoms with E-state index in [-0.39, 0.29) is 17.7 Å². The van der Waals surface area contributed by atoms with Gasteiger partial charge in [-0.3, -0.25) is 0 Å². The summed E-state index contributed by atoms with van der Waals surface area (Å²) in [5.41, 5.74) is 0.236. The standard InChI is InChI=1S/C20H19F3N4O/c1-13(2)28-17-9-4-3-8-16(17)26-19-24-11-10-18(27-19)25-15-7-5-6-14(12-15)20(21,22)23/h3-13H,1-2H3,(H2,24,25,26,27). The number of alkyl halides is 3. The van der Waals surface area contributed by atoms with Gasteiger partial charge in [0, 0.05) is 11.9 Å². The van der Waals surface area contributed by atoms with Gasteiger partial charge in [-0.1, -0.05) is 18.2 Å². The van der Waals surface area contributed by atoms with E-state index in [0.717, 1.165) is 12.1 Å². The smallest absolute Gasteiger partial charge is 0.416 e. The van der Waals surface area contributed by atoms with Crippen molar-refractivity contribution in [1.29, 1.82) is 0 Å². The molecule has 0 aliphatic rings. The molecule has 146 valence electrons. The number of nitrogens with zero attached hydrogens (tertiary/aromatic N) is 2. The van der Waals surface area contributed by atoms with Crippen LogP contribution in [0.4, 0.5) is 36.3 Å². The van der Waals surface area contributed by atoms with Gasteiger partial charge in [0.2, 0.25) is 5.95 Å². The molecule has 2 N–H and O–H groups in total. The number of aromatic nitrogens is 2. The van der Waals surface area contributed by atoms with Gasteiger partial charge in [-0.15, -0.1) is 0 Å². The SMILES string of the molecule is CC(C)Oc1ccccc1Nc1nccc(Nc2cccc(C(F)(F)F)c2)n1. The van der Waals surface area contributed by atoms with Crippen molar-refractivity contribution in [1.82, 2.24) is 9.97 Å². The van der Waals surface area contributed by atoms with Crippen LogP contribution in [0.1, 0.15) is 19.4 Å². The highest BCUT2D eigenvalue weighted by atomic mass is 19.4. The highest BCUT2D eigenvalue weighted by Gasteiger charge is 2.30. The highest BCUT2D eigenvalue weighted by molar-refractivity contribution is 5.64. The third kappa shape index (κ3) is 5.12. The minimum Gasteiger partial charge on any atom is -0.489 e. The summed E-state index contributed by atoms with van der Waals surface area (Å²) >= 11 is 0. The quantitative estimate of drug-likeness (QED) is 0.561. The van der Waals surface area contributed by atoms with Crippen LogP contribution in [-0.4, -0.2) is 16.1 Å². The monoisotopic (exact) mass is 388 g/mol. The number of benzene rings is 2. The highest BCUT2D eigenvalue weighted by Crippen LogP contribution is 2.31. The van der Waals surface area contributed by atoms with Crippen molar-refractivity contribution in [2.75, 3.05) is 10.6 Å². The summed E-state index contributed by atoms with van der Waals surface area (Å²) in [5, 5.41) is 5.94. The normalized spacial score (nSPS) is 11.4. The molecule has 0 saturated heterocycles. The van der Waals surface area contributed by atoms with E-state index in [4.69, 9.17) is 4.74 Å². The second-order valence-corrected chi connectivity index (χ2v) is 6.26. The van der Waals surface area contributed by atoms with Crippen molar-refractivity contribution in [2.45, 2.75) is 26.1 Å². The maximum Gasteiger partial charge on any atom is 0.416 e. The maximum absolute atomic E-state index is 12.9. The van der Waals surface area contributed by atoms with E-state index in [0.29, 0.717) is 17.3 Å². The molecule has 3 rings (SSSR count). The van der Waals surface area contributed by atoms with E-state index in [1.165, 1.54) is 18.3 Å². The summed E-state index contributed by atoms with van der Waals surface area (Å²) < 4.78 is 44.3. The van der Waals surface area contributed by atoms with E-state index in [1.807, 2.05) is 38.1 Å². The van der Waals surface area contributed by atoms with E-state index < -0.39 is 11.7 Å². The number of anilines is 4. The summed E-state index contributed by atoms with van der Waals surface area (Å²) in [4.78, 5) is 8.46. The predicted molar refractivity (Wildman–Crippen MR) is 102 cm³/mol. The molecule has 0 amide bonds. The predicted octanol–water partition coefficient (Wildman–Crippen LogP) is 5.77. The number of ether oxygens (including phenoxy) is 1. The molecule has 0 unspecified atom stereocenters. The number of hydrogen-bond acceptors (Lipinski definition) is 5. The largest absolute Gasteiger partial charge is 0.489 e. The van der Waals surface area contributed by atoms with Crippen molar-refractivity contribution in [3.8, 4) is 5.75 Å². The molecule has 0 aliphatic carbocycles. The van der Waals surface area contributed by atoms with Gasteiger partial charge in [-0.25, -0.2) is 4.98 Å². The van der Waals surface area contributed by atoms with Gasteiger partial charge in [-0.2, -0.15) is 18.2 Å². The van der Waals surface area contributed by atoms with Crippen LogP contribution in [0.5, 0.6) is 5.75 Å². The average molecular weight is 388 g/mol. The van der Waals surface area contributed by atoms with Crippen molar-refractivity contribution in [2.24, 2.45) is 0 Å². The van der Waals surface area contributed by atoms with Crippen molar-refractivity contribution in [3.63, 3.8) is 0 Å².